The molecular formula is C16H16BrN3OS. The third kappa shape index (κ3) is 2.57. The summed E-state index contributed by atoms with van der Waals surface area (Å²) < 4.78 is 6.14. The van der Waals surface area contributed by atoms with Gasteiger partial charge >= 0.3 is 0 Å². The van der Waals surface area contributed by atoms with Crippen molar-refractivity contribution in [3.05, 3.63) is 33.1 Å². The number of nitrogen functional groups attached to an aromatic ring is 1. The highest BCUT2D eigenvalue weighted by Crippen LogP contribution is 2.36. The van der Waals surface area contributed by atoms with Crippen molar-refractivity contribution in [1.82, 2.24) is 9.97 Å². The second-order valence-electron chi connectivity index (χ2n) is 5.30. The quantitative estimate of drug-likeness (QED) is 0.709. The van der Waals surface area contributed by atoms with Crippen LogP contribution in [0.1, 0.15) is 24.8 Å². The van der Waals surface area contributed by atoms with E-state index >= 15 is 0 Å². The number of aromatic nitrogens is 2. The summed E-state index contributed by atoms with van der Waals surface area (Å²) in [5.74, 6) is 1.14. The molecule has 6 heteroatoms. The molecule has 2 N–H and O–H groups in total. The first-order valence-corrected chi connectivity index (χ1v) is 8.57. The zero-order valence-electron chi connectivity index (χ0n) is 12.6. The molecule has 3 aromatic rings. The van der Waals surface area contributed by atoms with Crippen LogP contribution in [0.4, 0.5) is 5.69 Å². The first-order chi connectivity index (χ1) is 10.5. The van der Waals surface area contributed by atoms with Gasteiger partial charge in [0.05, 0.1) is 33.5 Å². The molecule has 0 aliphatic rings. The highest BCUT2D eigenvalue weighted by Gasteiger charge is 2.14. The fourth-order valence-corrected chi connectivity index (χ4v) is 3.65. The van der Waals surface area contributed by atoms with E-state index in [1.165, 1.54) is 0 Å². The van der Waals surface area contributed by atoms with E-state index in [1.54, 1.807) is 18.4 Å². The molecule has 0 fully saturated rings. The summed E-state index contributed by atoms with van der Waals surface area (Å²) >= 11 is 5.20. The fourth-order valence-electron chi connectivity index (χ4n) is 2.23. The second kappa shape index (κ2) is 5.85. The molecule has 114 valence electrons. The SMILES string of the molecule is COc1ccc2c(N)cc(-c3csc(C(C)C)n3)nc2c1Br. The molecule has 0 saturated carbocycles. The van der Waals surface area contributed by atoms with Crippen LogP contribution in [0.2, 0.25) is 0 Å². The first-order valence-electron chi connectivity index (χ1n) is 6.89. The van der Waals surface area contributed by atoms with Crippen LogP contribution in [0.3, 0.4) is 0 Å². The van der Waals surface area contributed by atoms with Crippen LogP contribution in [-0.2, 0) is 0 Å². The summed E-state index contributed by atoms with van der Waals surface area (Å²) in [5, 5.41) is 4.02. The second-order valence-corrected chi connectivity index (χ2v) is 6.98. The molecule has 0 saturated heterocycles. The number of anilines is 1. The molecule has 0 unspecified atom stereocenters. The van der Waals surface area contributed by atoms with Crippen molar-refractivity contribution in [3.63, 3.8) is 0 Å². The molecule has 0 aliphatic carbocycles. The maximum atomic E-state index is 6.20. The number of nitrogens with zero attached hydrogens (tertiary/aromatic N) is 2. The molecule has 0 atom stereocenters. The van der Waals surface area contributed by atoms with E-state index in [4.69, 9.17) is 15.5 Å². The van der Waals surface area contributed by atoms with Gasteiger partial charge in [-0.3, -0.25) is 0 Å². The van der Waals surface area contributed by atoms with Crippen molar-refractivity contribution in [3.8, 4) is 17.1 Å². The predicted molar refractivity (Wildman–Crippen MR) is 95.6 cm³/mol. The van der Waals surface area contributed by atoms with Gasteiger partial charge in [-0.25, -0.2) is 9.97 Å². The Morgan fingerprint density at radius 2 is 2.00 bits per heavy atom. The summed E-state index contributed by atoms with van der Waals surface area (Å²) in [6, 6.07) is 5.68. The molecule has 0 spiro atoms. The van der Waals surface area contributed by atoms with Crippen LogP contribution in [-0.4, -0.2) is 17.1 Å². The summed E-state index contributed by atoms with van der Waals surface area (Å²) in [7, 11) is 1.63. The van der Waals surface area contributed by atoms with Gasteiger partial charge in [-0.05, 0) is 34.1 Å². The highest BCUT2D eigenvalue weighted by atomic mass is 79.9. The van der Waals surface area contributed by atoms with Gasteiger partial charge in [-0.15, -0.1) is 11.3 Å². The number of ether oxygens (including phenoxy) is 1. The third-order valence-corrected chi connectivity index (χ3v) is 5.33. The summed E-state index contributed by atoms with van der Waals surface area (Å²) in [6.07, 6.45) is 0. The van der Waals surface area contributed by atoms with Crippen molar-refractivity contribution in [2.75, 3.05) is 12.8 Å². The van der Waals surface area contributed by atoms with Crippen molar-refractivity contribution >= 4 is 43.9 Å². The summed E-state index contributed by atoms with van der Waals surface area (Å²) in [5.41, 5.74) is 9.30. The summed E-state index contributed by atoms with van der Waals surface area (Å²) in [6.45, 7) is 4.26. The largest absolute Gasteiger partial charge is 0.495 e. The van der Waals surface area contributed by atoms with Crippen LogP contribution < -0.4 is 10.5 Å². The lowest BCUT2D eigenvalue weighted by molar-refractivity contribution is 0.413. The van der Waals surface area contributed by atoms with Gasteiger partial charge < -0.3 is 10.5 Å². The lowest BCUT2D eigenvalue weighted by Gasteiger charge is -2.09. The fraction of sp³-hybridized carbons (Fsp3) is 0.250. The Hall–Kier alpha value is -1.66. The predicted octanol–water partition coefficient (Wildman–Crippen LogP) is 4.84. The van der Waals surface area contributed by atoms with Crippen LogP contribution >= 0.6 is 27.3 Å². The van der Waals surface area contributed by atoms with Crippen molar-refractivity contribution < 1.29 is 4.74 Å². The van der Waals surface area contributed by atoms with Crippen LogP contribution in [0, 0.1) is 0 Å². The van der Waals surface area contributed by atoms with Crippen molar-refractivity contribution in [2.24, 2.45) is 0 Å². The average Bonchev–Trinajstić information content (AvgIpc) is 2.98. The topological polar surface area (TPSA) is 61.0 Å². The lowest BCUT2D eigenvalue weighted by atomic mass is 10.1. The van der Waals surface area contributed by atoms with Crippen molar-refractivity contribution in [2.45, 2.75) is 19.8 Å². The van der Waals surface area contributed by atoms with Crippen LogP contribution in [0.15, 0.2) is 28.1 Å². The number of thiazole rings is 1. The number of nitrogens with two attached hydrogens (primary N) is 1. The molecule has 3 rings (SSSR count). The molecule has 0 bridgehead atoms. The number of hydrogen-bond acceptors (Lipinski definition) is 5. The Bertz CT molecular complexity index is 845. The highest BCUT2D eigenvalue weighted by molar-refractivity contribution is 9.10. The van der Waals surface area contributed by atoms with Crippen LogP contribution in [0.5, 0.6) is 5.75 Å². The Kier molecular flexibility index (Phi) is 4.06. The van der Waals surface area contributed by atoms with E-state index in [9.17, 15) is 0 Å². The van der Waals surface area contributed by atoms with Gasteiger partial charge in [0.2, 0.25) is 0 Å². The monoisotopic (exact) mass is 377 g/mol. The Morgan fingerprint density at radius 3 is 2.64 bits per heavy atom. The molecule has 4 nitrogen and oxygen atoms in total. The molecule has 0 aliphatic heterocycles. The molecule has 22 heavy (non-hydrogen) atoms. The summed E-state index contributed by atoms with van der Waals surface area (Å²) in [4.78, 5) is 9.38. The minimum Gasteiger partial charge on any atom is -0.495 e. The number of methoxy groups -OCH3 is 1. The maximum absolute atomic E-state index is 6.20. The molecule has 2 aromatic heterocycles. The van der Waals surface area contributed by atoms with E-state index < -0.39 is 0 Å². The van der Waals surface area contributed by atoms with E-state index in [2.05, 4.69) is 34.8 Å². The standard InChI is InChI=1S/C16H16BrN3OS/c1-8(2)16-20-12(7-22-16)11-6-10(18)9-4-5-13(21-3)14(17)15(9)19-11/h4-8H,1-3H3,(H2,18,19). The number of benzene rings is 1. The average molecular weight is 378 g/mol. The molecule has 2 heterocycles. The van der Waals surface area contributed by atoms with Gasteiger partial charge in [-0.1, -0.05) is 13.8 Å². The maximum Gasteiger partial charge on any atom is 0.135 e. The first kappa shape index (κ1) is 15.2. The van der Waals surface area contributed by atoms with E-state index in [-0.39, 0.29) is 0 Å². The number of halogens is 1. The minimum atomic E-state index is 0.406. The molecule has 0 amide bonds. The molecule has 1 aromatic carbocycles. The van der Waals surface area contributed by atoms with E-state index in [0.717, 1.165) is 37.5 Å². The Labute approximate surface area is 141 Å². The number of fused-ring (bicyclic) bond motifs is 1. The van der Waals surface area contributed by atoms with Gasteiger partial charge in [0.25, 0.3) is 0 Å². The van der Waals surface area contributed by atoms with E-state index in [1.807, 2.05) is 23.6 Å². The smallest absolute Gasteiger partial charge is 0.135 e. The lowest BCUT2D eigenvalue weighted by Crippen LogP contribution is -1.95. The number of pyridine rings is 1. The Balaban J connectivity index is 2.20. The van der Waals surface area contributed by atoms with Gasteiger partial charge in [0, 0.05) is 22.4 Å². The van der Waals surface area contributed by atoms with Gasteiger partial charge in [0.1, 0.15) is 5.75 Å². The molecular weight excluding hydrogens is 362 g/mol. The van der Waals surface area contributed by atoms with Crippen molar-refractivity contribution in [1.29, 1.82) is 0 Å². The zero-order chi connectivity index (χ0) is 15.9. The molecule has 0 radical (unpaired) electrons. The van der Waals surface area contributed by atoms with Gasteiger partial charge in [-0.2, -0.15) is 0 Å². The third-order valence-electron chi connectivity index (χ3n) is 3.41. The minimum absolute atomic E-state index is 0.406. The Morgan fingerprint density at radius 1 is 1.23 bits per heavy atom. The number of hydrogen-bond donors (Lipinski definition) is 1. The zero-order valence-corrected chi connectivity index (χ0v) is 15.0. The van der Waals surface area contributed by atoms with E-state index in [0.29, 0.717) is 11.6 Å². The van der Waals surface area contributed by atoms with Crippen LogP contribution in [0.25, 0.3) is 22.3 Å². The number of rotatable bonds is 3. The van der Waals surface area contributed by atoms with Gasteiger partial charge in [0.15, 0.2) is 0 Å². The normalized spacial score (nSPS) is 11.3.